The number of phenolic OH excluding ortho intramolecular Hbond substituents is 4. The summed E-state index contributed by atoms with van der Waals surface area (Å²) in [6.45, 7) is 12.5. The van der Waals surface area contributed by atoms with Crippen molar-refractivity contribution in [3.8, 4) is 23.0 Å². The van der Waals surface area contributed by atoms with E-state index in [1.807, 2.05) is 13.8 Å². The van der Waals surface area contributed by atoms with E-state index >= 15 is 0 Å². The Bertz CT molecular complexity index is 2970. The lowest BCUT2D eigenvalue weighted by atomic mass is 9.86. The van der Waals surface area contributed by atoms with Gasteiger partial charge in [0.25, 0.3) is 11.8 Å². The molecule has 2 aliphatic heterocycles. The van der Waals surface area contributed by atoms with Gasteiger partial charge in [0.05, 0.1) is 41.9 Å². The first-order chi connectivity index (χ1) is 40.7. The van der Waals surface area contributed by atoms with Gasteiger partial charge in [0.1, 0.15) is 59.6 Å². The van der Waals surface area contributed by atoms with Crippen LogP contribution in [-0.4, -0.2) is 157 Å². The fourth-order valence-corrected chi connectivity index (χ4v) is 10.1. The van der Waals surface area contributed by atoms with E-state index in [0.717, 1.165) is 24.6 Å². The predicted octanol–water partition coefficient (Wildman–Crippen LogP) is 7.26. The summed E-state index contributed by atoms with van der Waals surface area (Å²) >= 11 is 0. The van der Waals surface area contributed by atoms with Crippen LogP contribution in [0.2, 0.25) is 0 Å². The molecule has 12 unspecified atom stereocenters. The van der Waals surface area contributed by atoms with Crippen molar-refractivity contribution in [1.82, 2.24) is 0 Å². The van der Waals surface area contributed by atoms with Crippen LogP contribution in [0, 0.1) is 29.6 Å². The van der Waals surface area contributed by atoms with E-state index in [2.05, 4.69) is 25.5 Å². The average Bonchev–Trinajstić information content (AvgIpc) is 1.89. The van der Waals surface area contributed by atoms with Gasteiger partial charge in [-0.05, 0) is 70.8 Å². The number of primary amides is 1. The van der Waals surface area contributed by atoms with Gasteiger partial charge < -0.3 is 85.0 Å². The quantitative estimate of drug-likeness (QED) is 0.0249. The number of phenols is 4. The highest BCUT2D eigenvalue weighted by Gasteiger charge is 2.34. The second kappa shape index (κ2) is 33.7. The summed E-state index contributed by atoms with van der Waals surface area (Å²) in [6, 6.07) is 2.20. The van der Waals surface area contributed by atoms with Crippen LogP contribution in [0.15, 0.2) is 93.0 Å². The number of amides is 3. The number of rotatable bonds is 12. The van der Waals surface area contributed by atoms with Crippen molar-refractivity contribution in [1.29, 1.82) is 0 Å². The third-order valence-corrected chi connectivity index (χ3v) is 14.8. The SMILES string of the molecule is COC1C=CC=C(C)C(=O)Nc2cc(O)c(N=CCOC(=O)OCC=Nc3c(O)cc4c(O)c3CC(C)CC(OC)C(O)C(C)C=C(C)C(C(=O)ON)C(OC)C=CC=C(C)C(=O)N4)c(c2O)CC(C)CC(OC)C(O)C(C)C=C(C)C1OC(N)=O. The van der Waals surface area contributed by atoms with Crippen LogP contribution in [0.25, 0.3) is 0 Å². The number of aromatic hydroxyl groups is 4. The molecular weight excluding hydrogens is 1120 g/mol. The van der Waals surface area contributed by atoms with Gasteiger partial charge in [-0.2, -0.15) is 5.90 Å². The maximum absolute atomic E-state index is 13.5. The number of nitrogens with one attached hydrogen (secondary N) is 2. The Kier molecular flexibility index (Phi) is 27.7. The van der Waals surface area contributed by atoms with Crippen LogP contribution in [-0.2, 0) is 65.2 Å². The number of aliphatic imine (C=N–C) groups is 2. The lowest BCUT2D eigenvalue weighted by Crippen LogP contribution is -2.37. The zero-order valence-corrected chi connectivity index (χ0v) is 50.6. The zero-order chi connectivity index (χ0) is 64.1. The Labute approximate surface area is 500 Å². The summed E-state index contributed by atoms with van der Waals surface area (Å²) in [5, 5.41) is 74.5. The molecule has 2 aromatic carbocycles. The molecule has 0 saturated carbocycles. The predicted molar refractivity (Wildman–Crippen MR) is 320 cm³/mol. The van der Waals surface area contributed by atoms with Crippen molar-refractivity contribution < 1.29 is 92.6 Å². The number of ether oxygens (including phenoxy) is 7. The molecule has 3 amide bonds. The van der Waals surface area contributed by atoms with E-state index in [1.54, 1.807) is 45.9 Å². The highest BCUT2D eigenvalue weighted by Crippen LogP contribution is 2.46. The molecule has 0 aromatic heterocycles. The molecule has 0 saturated heterocycles. The number of allylic oxidation sites excluding steroid dienone is 4. The number of nitrogens with two attached hydrogens (primary N) is 2. The van der Waals surface area contributed by atoms with E-state index in [0.29, 0.717) is 11.1 Å². The third-order valence-electron chi connectivity index (χ3n) is 14.8. The molecule has 0 aliphatic carbocycles. The van der Waals surface area contributed by atoms with Crippen molar-refractivity contribution in [3.05, 3.63) is 94.2 Å². The Hall–Kier alpha value is -7.91. The third kappa shape index (κ3) is 19.6. The second-order valence-corrected chi connectivity index (χ2v) is 21.4. The first-order valence-electron chi connectivity index (χ1n) is 27.7. The van der Waals surface area contributed by atoms with E-state index < -0.39 is 127 Å². The van der Waals surface area contributed by atoms with Crippen molar-refractivity contribution in [2.75, 3.05) is 52.3 Å². The molecule has 25 heteroatoms. The van der Waals surface area contributed by atoms with Gasteiger partial charge in [-0.15, -0.1) is 0 Å². The number of nitrogens with zero attached hydrogens (tertiary/aromatic N) is 2. The molecule has 2 aliphatic rings. The standard InChI is InChI=1S/C61H84N6O19/c1-31-23-39-50(43(68)29-41(54(39)72)66-57(74)33(3)15-13-17-45(79-9)49(59(76)86-63)35(5)27-36(6)52(70)47(25-31)81-11)64-19-21-83-61(78)84-22-20-65-51-40-24-32(2)26-48(82-12)53(71)37(7)28-38(8)56(85-60(62)77)46(80-10)18-14-16-34(4)58(75)67-42(55(40)73)30-44(51)69/h13-20,27-32,36-37,45-49,52-53,56,68-73H,21-26,63H2,1-12H3,(H2,62,77)(H,66,74)(H,67,75). The van der Waals surface area contributed by atoms with Crippen LogP contribution in [0.3, 0.4) is 0 Å². The van der Waals surface area contributed by atoms with Crippen LogP contribution in [0.5, 0.6) is 23.0 Å². The number of carbonyl (C=O) groups excluding carboxylic acids is 5. The van der Waals surface area contributed by atoms with Gasteiger partial charge in [0.15, 0.2) is 6.10 Å². The molecular formula is C61H84N6O19. The first-order valence-corrected chi connectivity index (χ1v) is 27.7. The van der Waals surface area contributed by atoms with Gasteiger partial charge in [-0.1, -0.05) is 81.9 Å². The summed E-state index contributed by atoms with van der Waals surface area (Å²) in [4.78, 5) is 78.0. The Morgan fingerprint density at radius 3 is 1.47 bits per heavy atom. The minimum absolute atomic E-state index is 0.0216. The molecule has 472 valence electrons. The Morgan fingerprint density at radius 1 is 0.651 bits per heavy atom. The maximum Gasteiger partial charge on any atom is 0.509 e. The normalized spacial score (nSPS) is 26.2. The number of hydrogen-bond donors (Lipinski definition) is 10. The topological polar surface area (TPSA) is 381 Å². The smallest absolute Gasteiger partial charge is 0.506 e. The molecule has 4 bridgehead atoms. The number of anilines is 2. The van der Waals surface area contributed by atoms with E-state index in [9.17, 15) is 54.6 Å². The molecule has 4 rings (SSSR count). The molecule has 2 aromatic rings. The number of carbonyl (C=O) groups is 5. The summed E-state index contributed by atoms with van der Waals surface area (Å²) in [5.74, 6) is -1.49. The zero-order valence-electron chi connectivity index (χ0n) is 50.6. The molecule has 12 atom stereocenters. The monoisotopic (exact) mass is 1200 g/mol. The van der Waals surface area contributed by atoms with Crippen LogP contribution in [0.1, 0.15) is 79.4 Å². The van der Waals surface area contributed by atoms with Crippen molar-refractivity contribution in [2.45, 2.75) is 124 Å². The molecule has 0 fully saturated rings. The van der Waals surface area contributed by atoms with E-state index in [1.165, 1.54) is 72.7 Å². The molecule has 25 nitrogen and oxygen atoms in total. The first kappa shape index (κ1) is 70.6. The minimum Gasteiger partial charge on any atom is -0.506 e. The largest absolute Gasteiger partial charge is 0.509 e. The average molecular weight is 1210 g/mol. The fraction of sp³-hybridized carbons (Fsp3) is 0.492. The van der Waals surface area contributed by atoms with Crippen molar-refractivity contribution >= 4 is 65.2 Å². The van der Waals surface area contributed by atoms with Gasteiger partial charge in [0.2, 0.25) is 0 Å². The van der Waals surface area contributed by atoms with Gasteiger partial charge in [-0.3, -0.25) is 19.6 Å². The highest BCUT2D eigenvalue weighted by molar-refractivity contribution is 6.05. The number of fused-ring (bicyclic) bond motifs is 4. The Morgan fingerprint density at radius 2 is 1.07 bits per heavy atom. The number of benzene rings is 2. The lowest BCUT2D eigenvalue weighted by molar-refractivity contribution is -0.151. The summed E-state index contributed by atoms with van der Waals surface area (Å²) in [7, 11) is 5.65. The van der Waals surface area contributed by atoms with Gasteiger partial charge in [-0.25, -0.2) is 14.4 Å². The van der Waals surface area contributed by atoms with Crippen molar-refractivity contribution in [2.24, 2.45) is 51.2 Å². The number of methoxy groups -OCH3 is 4. The molecule has 2 heterocycles. The van der Waals surface area contributed by atoms with Crippen LogP contribution < -0.4 is 22.3 Å². The summed E-state index contributed by atoms with van der Waals surface area (Å²) < 4.78 is 38.6. The molecule has 12 N–H and O–H groups in total. The minimum atomic E-state index is -1.18. The lowest BCUT2D eigenvalue weighted by Gasteiger charge is -2.29. The molecule has 0 radical (unpaired) electrons. The highest BCUT2D eigenvalue weighted by atomic mass is 16.7. The number of aliphatic hydroxyl groups is 2. The summed E-state index contributed by atoms with van der Waals surface area (Å²) in [6.07, 6.45) is 6.38. The molecule has 0 spiro atoms. The fourth-order valence-electron chi connectivity index (χ4n) is 10.1. The maximum atomic E-state index is 13.5. The number of hydrogen-bond acceptors (Lipinski definition) is 22. The number of aliphatic hydroxyl groups excluding tert-OH is 2. The van der Waals surface area contributed by atoms with Crippen LogP contribution in [0.4, 0.5) is 32.3 Å². The second-order valence-electron chi connectivity index (χ2n) is 21.4. The van der Waals surface area contributed by atoms with E-state index in [4.69, 9.17) is 44.8 Å². The van der Waals surface area contributed by atoms with E-state index in [-0.39, 0.29) is 82.5 Å². The summed E-state index contributed by atoms with van der Waals surface area (Å²) in [5.41, 5.74) is 6.40. The Balaban J connectivity index is 1.60. The van der Waals surface area contributed by atoms with Gasteiger partial charge in [0, 0.05) is 87.1 Å². The van der Waals surface area contributed by atoms with Gasteiger partial charge >= 0.3 is 18.2 Å². The van der Waals surface area contributed by atoms with Crippen LogP contribution >= 0.6 is 0 Å². The molecule has 86 heavy (non-hydrogen) atoms. The van der Waals surface area contributed by atoms with Crippen molar-refractivity contribution in [3.63, 3.8) is 0 Å².